The Hall–Kier alpha value is -1.76. The molecule has 1 aliphatic rings. The van der Waals surface area contributed by atoms with Crippen molar-refractivity contribution in [2.45, 2.75) is 19.5 Å². The normalized spacial score (nSPS) is 14.9. The van der Waals surface area contributed by atoms with E-state index in [9.17, 15) is 13.2 Å². The van der Waals surface area contributed by atoms with Gasteiger partial charge in [-0.3, -0.25) is 4.99 Å². The molecule has 1 N–H and O–H groups in total. The molecule has 1 fully saturated rings. The minimum absolute atomic E-state index is 0. The molecule has 11 heteroatoms. The van der Waals surface area contributed by atoms with Gasteiger partial charge in [0.15, 0.2) is 11.7 Å². The van der Waals surface area contributed by atoms with E-state index in [0.717, 1.165) is 66.8 Å². The summed E-state index contributed by atoms with van der Waals surface area (Å²) in [7, 11) is 1.65. The van der Waals surface area contributed by atoms with Crippen LogP contribution in [0.4, 0.5) is 18.9 Å². The van der Waals surface area contributed by atoms with Crippen LogP contribution in [0.3, 0.4) is 0 Å². The van der Waals surface area contributed by atoms with Crippen LogP contribution in [-0.4, -0.2) is 62.2 Å². The molecular formula is C20H27F3IN5OS. The van der Waals surface area contributed by atoms with Crippen molar-refractivity contribution >= 4 is 47.0 Å². The maximum absolute atomic E-state index is 12.7. The molecule has 1 aliphatic heterocycles. The van der Waals surface area contributed by atoms with Gasteiger partial charge in [-0.1, -0.05) is 0 Å². The number of anilines is 1. The van der Waals surface area contributed by atoms with Crippen LogP contribution in [0.5, 0.6) is 5.75 Å². The molecule has 0 radical (unpaired) electrons. The third-order valence-corrected chi connectivity index (χ3v) is 5.69. The molecule has 6 nitrogen and oxygen atoms in total. The fourth-order valence-electron chi connectivity index (χ4n) is 3.21. The second kappa shape index (κ2) is 11.7. The molecule has 1 aromatic carbocycles. The quantitative estimate of drug-likeness (QED) is 0.323. The number of methoxy groups -OCH3 is 1. The van der Waals surface area contributed by atoms with Gasteiger partial charge in [0.1, 0.15) is 5.75 Å². The molecule has 0 spiro atoms. The molecular weight excluding hydrogens is 542 g/mol. The van der Waals surface area contributed by atoms with E-state index in [-0.39, 0.29) is 24.0 Å². The molecule has 3 rings (SSSR count). The SMILES string of the molecule is CCNC(=NCCc1nc(C(F)(F)F)cs1)N1CCN(c2ccc(OC)cc2)CC1.I. The van der Waals surface area contributed by atoms with Crippen LogP contribution in [0.15, 0.2) is 34.6 Å². The summed E-state index contributed by atoms with van der Waals surface area (Å²) in [6.07, 6.45) is -4.00. The molecule has 0 atom stereocenters. The Morgan fingerprint density at radius 2 is 1.87 bits per heavy atom. The molecule has 2 heterocycles. The first-order chi connectivity index (χ1) is 14.4. The fraction of sp³-hybridized carbons (Fsp3) is 0.500. The van der Waals surface area contributed by atoms with E-state index in [1.54, 1.807) is 7.11 Å². The number of guanidine groups is 1. The number of rotatable bonds is 6. The lowest BCUT2D eigenvalue weighted by Gasteiger charge is -2.37. The van der Waals surface area contributed by atoms with E-state index < -0.39 is 11.9 Å². The van der Waals surface area contributed by atoms with E-state index in [1.165, 1.54) is 0 Å². The molecule has 0 bridgehead atoms. The first-order valence-corrected chi connectivity index (χ1v) is 10.7. The summed E-state index contributed by atoms with van der Waals surface area (Å²) in [4.78, 5) is 12.8. The number of halogens is 4. The van der Waals surface area contributed by atoms with Gasteiger partial charge in [0.25, 0.3) is 0 Å². The number of hydrogen-bond acceptors (Lipinski definition) is 5. The second-order valence-corrected chi connectivity index (χ2v) is 7.72. The summed E-state index contributed by atoms with van der Waals surface area (Å²) in [6, 6.07) is 8.01. The predicted molar refractivity (Wildman–Crippen MR) is 129 cm³/mol. The van der Waals surface area contributed by atoms with Gasteiger partial charge in [0, 0.05) is 56.8 Å². The number of benzene rings is 1. The molecule has 0 aliphatic carbocycles. The Morgan fingerprint density at radius 1 is 1.19 bits per heavy atom. The highest BCUT2D eigenvalue weighted by atomic mass is 127. The van der Waals surface area contributed by atoms with E-state index >= 15 is 0 Å². The Bertz CT molecular complexity index is 836. The lowest BCUT2D eigenvalue weighted by Crippen LogP contribution is -2.52. The third kappa shape index (κ3) is 7.13. The van der Waals surface area contributed by atoms with Gasteiger partial charge < -0.3 is 19.9 Å². The van der Waals surface area contributed by atoms with Gasteiger partial charge >= 0.3 is 6.18 Å². The van der Waals surface area contributed by atoms with Crippen LogP contribution in [0.1, 0.15) is 17.6 Å². The number of alkyl halides is 3. The van der Waals surface area contributed by atoms with Crippen molar-refractivity contribution in [1.82, 2.24) is 15.2 Å². The van der Waals surface area contributed by atoms with Crippen molar-refractivity contribution in [2.24, 2.45) is 4.99 Å². The number of aromatic nitrogens is 1. The highest BCUT2D eigenvalue weighted by Gasteiger charge is 2.33. The first kappa shape index (κ1) is 25.5. The van der Waals surface area contributed by atoms with Crippen LogP contribution in [0.25, 0.3) is 0 Å². The summed E-state index contributed by atoms with van der Waals surface area (Å²) in [5.41, 5.74) is 0.328. The zero-order chi connectivity index (χ0) is 21.6. The van der Waals surface area contributed by atoms with Gasteiger partial charge in [-0.25, -0.2) is 4.98 Å². The molecule has 0 amide bonds. The number of ether oxygens (including phenoxy) is 1. The molecule has 0 unspecified atom stereocenters. The second-order valence-electron chi connectivity index (χ2n) is 6.78. The highest BCUT2D eigenvalue weighted by molar-refractivity contribution is 14.0. The van der Waals surface area contributed by atoms with Crippen molar-refractivity contribution in [3.05, 3.63) is 40.3 Å². The zero-order valence-electron chi connectivity index (χ0n) is 17.5. The fourth-order valence-corrected chi connectivity index (χ4v) is 4.00. The number of nitrogens with zero attached hydrogens (tertiary/aromatic N) is 4. The molecule has 1 aromatic heterocycles. The van der Waals surface area contributed by atoms with Crippen molar-refractivity contribution in [1.29, 1.82) is 0 Å². The molecule has 1 saturated heterocycles. The van der Waals surface area contributed by atoms with E-state index in [1.807, 2.05) is 19.1 Å². The predicted octanol–water partition coefficient (Wildman–Crippen LogP) is 4.12. The molecule has 2 aromatic rings. The maximum atomic E-state index is 12.7. The van der Waals surface area contributed by atoms with E-state index in [0.29, 0.717) is 18.0 Å². The molecule has 0 saturated carbocycles. The Labute approximate surface area is 201 Å². The van der Waals surface area contributed by atoms with Crippen LogP contribution in [0, 0.1) is 0 Å². The highest BCUT2D eigenvalue weighted by Crippen LogP contribution is 2.30. The number of aliphatic imine (C=N–C) groups is 1. The first-order valence-electron chi connectivity index (χ1n) is 9.84. The number of piperazine rings is 1. The average Bonchev–Trinajstić information content (AvgIpc) is 3.23. The van der Waals surface area contributed by atoms with Gasteiger partial charge in [-0.15, -0.1) is 35.3 Å². The van der Waals surface area contributed by atoms with Gasteiger partial charge in [-0.05, 0) is 31.2 Å². The third-order valence-electron chi connectivity index (χ3n) is 4.78. The smallest absolute Gasteiger partial charge is 0.434 e. The topological polar surface area (TPSA) is 53.0 Å². The van der Waals surface area contributed by atoms with Crippen molar-refractivity contribution in [3.8, 4) is 5.75 Å². The number of hydrogen-bond donors (Lipinski definition) is 1. The van der Waals surface area contributed by atoms with Crippen LogP contribution < -0.4 is 15.0 Å². The van der Waals surface area contributed by atoms with Gasteiger partial charge in [0.2, 0.25) is 0 Å². The standard InChI is InChI=1S/C20H26F3N5OS.HI/c1-3-24-19(25-9-8-18-26-17(14-30-18)20(21,22)23)28-12-10-27(11-13-28)15-4-6-16(29-2)7-5-15;/h4-7,14H,3,8-13H2,1-2H3,(H,24,25);1H. The summed E-state index contributed by atoms with van der Waals surface area (Å²) < 4.78 is 43.2. The molecule has 31 heavy (non-hydrogen) atoms. The zero-order valence-corrected chi connectivity index (χ0v) is 20.6. The lowest BCUT2D eigenvalue weighted by molar-refractivity contribution is -0.140. The van der Waals surface area contributed by atoms with E-state index in [4.69, 9.17) is 4.74 Å². The van der Waals surface area contributed by atoms with Crippen LogP contribution >= 0.6 is 35.3 Å². The van der Waals surface area contributed by atoms with Crippen molar-refractivity contribution in [3.63, 3.8) is 0 Å². The summed E-state index contributed by atoms with van der Waals surface area (Å²) in [5, 5.41) is 4.79. The summed E-state index contributed by atoms with van der Waals surface area (Å²) in [5.74, 6) is 1.63. The largest absolute Gasteiger partial charge is 0.497 e. The monoisotopic (exact) mass is 569 g/mol. The lowest BCUT2D eigenvalue weighted by atomic mass is 10.2. The van der Waals surface area contributed by atoms with E-state index in [2.05, 4.69) is 37.2 Å². The summed E-state index contributed by atoms with van der Waals surface area (Å²) in [6.45, 7) is 6.47. The Balaban J connectivity index is 0.00000341. The number of thiazole rings is 1. The van der Waals surface area contributed by atoms with Crippen LogP contribution in [0.2, 0.25) is 0 Å². The van der Waals surface area contributed by atoms with Crippen LogP contribution in [-0.2, 0) is 12.6 Å². The maximum Gasteiger partial charge on any atom is 0.434 e. The molecule has 172 valence electrons. The van der Waals surface area contributed by atoms with Crippen molar-refractivity contribution < 1.29 is 17.9 Å². The minimum Gasteiger partial charge on any atom is -0.497 e. The number of nitrogens with one attached hydrogen (secondary N) is 1. The van der Waals surface area contributed by atoms with Gasteiger partial charge in [-0.2, -0.15) is 13.2 Å². The van der Waals surface area contributed by atoms with Gasteiger partial charge in [0.05, 0.1) is 12.1 Å². The van der Waals surface area contributed by atoms with Crippen molar-refractivity contribution in [2.75, 3.05) is 51.3 Å². The minimum atomic E-state index is -4.39. The summed E-state index contributed by atoms with van der Waals surface area (Å²) >= 11 is 1.03. The average molecular weight is 569 g/mol. The Kier molecular flexibility index (Phi) is 9.66. The Morgan fingerprint density at radius 3 is 2.42 bits per heavy atom.